The van der Waals surface area contributed by atoms with Gasteiger partial charge in [-0.3, -0.25) is 4.79 Å². The fourth-order valence-corrected chi connectivity index (χ4v) is 4.26. The molecular weight excluding hydrogens is 388 g/mol. The lowest BCUT2D eigenvalue weighted by Crippen LogP contribution is -2.34. The molecule has 2 aliphatic rings. The summed E-state index contributed by atoms with van der Waals surface area (Å²) in [5.74, 6) is 1.56. The number of carbonyl (C=O) groups excluding carboxylic acids is 1. The fraction of sp³-hybridized carbons (Fsp3) is 0.435. The standard InChI is InChI=1S/C23H27ClN2O3/c1-25(11-9-17-5-3-2-4-6-17)19-7-8-23(27)26(12-10-19)15-18-13-21-22(14-20(18)24)29-16-28-21/h2-6,13-14,19H,7-12,15-16H2,1H3. The van der Waals surface area contributed by atoms with Crippen molar-refractivity contribution < 1.29 is 14.3 Å². The van der Waals surface area contributed by atoms with Gasteiger partial charge < -0.3 is 19.3 Å². The van der Waals surface area contributed by atoms with Crippen LogP contribution in [0, 0.1) is 0 Å². The van der Waals surface area contributed by atoms with E-state index in [0.29, 0.717) is 35.5 Å². The van der Waals surface area contributed by atoms with Crippen LogP contribution in [-0.4, -0.2) is 48.7 Å². The Kier molecular flexibility index (Phi) is 6.26. The monoisotopic (exact) mass is 414 g/mol. The highest BCUT2D eigenvalue weighted by Crippen LogP contribution is 2.37. The molecule has 0 bridgehead atoms. The molecule has 0 saturated carbocycles. The first-order valence-corrected chi connectivity index (χ1v) is 10.6. The molecule has 1 amide bonds. The van der Waals surface area contributed by atoms with Crippen molar-refractivity contribution in [1.82, 2.24) is 9.80 Å². The minimum absolute atomic E-state index is 0.192. The lowest BCUT2D eigenvalue weighted by molar-refractivity contribution is -0.131. The third-order valence-corrected chi connectivity index (χ3v) is 6.25. The summed E-state index contributed by atoms with van der Waals surface area (Å²) >= 11 is 6.41. The molecule has 0 spiro atoms. The number of hydrogen-bond donors (Lipinski definition) is 0. The number of hydrogen-bond acceptors (Lipinski definition) is 4. The van der Waals surface area contributed by atoms with E-state index in [9.17, 15) is 4.79 Å². The predicted octanol–water partition coefficient (Wildman–Crippen LogP) is 4.12. The van der Waals surface area contributed by atoms with Gasteiger partial charge in [-0.15, -0.1) is 0 Å². The van der Waals surface area contributed by atoms with Gasteiger partial charge in [0.15, 0.2) is 11.5 Å². The first kappa shape index (κ1) is 20.0. The highest BCUT2D eigenvalue weighted by atomic mass is 35.5. The van der Waals surface area contributed by atoms with Crippen LogP contribution in [0.5, 0.6) is 11.5 Å². The smallest absolute Gasteiger partial charge is 0.231 e. The molecule has 29 heavy (non-hydrogen) atoms. The van der Waals surface area contributed by atoms with Crippen LogP contribution in [0.1, 0.15) is 30.4 Å². The minimum Gasteiger partial charge on any atom is -0.454 e. The van der Waals surface area contributed by atoms with Gasteiger partial charge >= 0.3 is 0 Å². The molecule has 1 saturated heterocycles. The number of likely N-dealkylation sites (N-methyl/N-ethyl adjacent to an activating group) is 1. The van der Waals surface area contributed by atoms with Gasteiger partial charge in [-0.25, -0.2) is 0 Å². The second-order valence-corrected chi connectivity index (χ2v) is 8.22. The number of likely N-dealkylation sites (tertiary alicyclic amines) is 1. The number of carbonyl (C=O) groups is 1. The Bertz CT molecular complexity index is 859. The van der Waals surface area contributed by atoms with E-state index >= 15 is 0 Å². The van der Waals surface area contributed by atoms with E-state index in [1.54, 1.807) is 6.07 Å². The Balaban J connectivity index is 1.35. The van der Waals surface area contributed by atoms with Crippen molar-refractivity contribution in [2.45, 2.75) is 38.3 Å². The van der Waals surface area contributed by atoms with Crippen LogP contribution in [0.25, 0.3) is 0 Å². The zero-order valence-electron chi connectivity index (χ0n) is 16.8. The molecule has 0 aromatic heterocycles. The van der Waals surface area contributed by atoms with E-state index in [2.05, 4.69) is 36.2 Å². The number of nitrogens with zero attached hydrogens (tertiary/aromatic N) is 2. The van der Waals surface area contributed by atoms with Gasteiger partial charge in [-0.1, -0.05) is 41.9 Å². The molecule has 2 aliphatic heterocycles. The largest absolute Gasteiger partial charge is 0.454 e. The number of amides is 1. The van der Waals surface area contributed by atoms with Crippen molar-refractivity contribution >= 4 is 17.5 Å². The molecule has 2 aromatic carbocycles. The molecule has 154 valence electrons. The molecule has 4 rings (SSSR count). The molecule has 6 heteroatoms. The molecule has 1 fully saturated rings. The molecular formula is C23H27ClN2O3. The minimum atomic E-state index is 0.192. The summed E-state index contributed by atoms with van der Waals surface area (Å²) in [6.45, 7) is 2.46. The maximum Gasteiger partial charge on any atom is 0.231 e. The van der Waals surface area contributed by atoms with Crippen LogP contribution in [-0.2, 0) is 17.8 Å². The SMILES string of the molecule is CN(CCc1ccccc1)C1CCC(=O)N(Cc2cc3c(cc2Cl)OCO3)CC1. The van der Waals surface area contributed by atoms with Gasteiger partial charge in [0.1, 0.15) is 0 Å². The number of fused-ring (bicyclic) bond motifs is 1. The summed E-state index contributed by atoms with van der Waals surface area (Å²) in [7, 11) is 2.17. The zero-order valence-corrected chi connectivity index (χ0v) is 17.5. The normalized spacial score (nSPS) is 18.9. The van der Waals surface area contributed by atoms with E-state index in [1.165, 1.54) is 5.56 Å². The third kappa shape index (κ3) is 4.85. The van der Waals surface area contributed by atoms with Gasteiger partial charge in [0.25, 0.3) is 0 Å². The maximum atomic E-state index is 12.7. The van der Waals surface area contributed by atoms with Crippen LogP contribution in [0.15, 0.2) is 42.5 Å². The Hall–Kier alpha value is -2.24. The Morgan fingerprint density at radius 1 is 1.14 bits per heavy atom. The summed E-state index contributed by atoms with van der Waals surface area (Å²) in [5, 5.41) is 0.614. The molecule has 0 N–H and O–H groups in total. The first-order chi connectivity index (χ1) is 14.1. The molecule has 1 atom stereocenters. The lowest BCUT2D eigenvalue weighted by Gasteiger charge is -2.27. The van der Waals surface area contributed by atoms with E-state index in [1.807, 2.05) is 17.0 Å². The lowest BCUT2D eigenvalue weighted by atomic mass is 10.1. The van der Waals surface area contributed by atoms with Crippen LogP contribution in [0.2, 0.25) is 5.02 Å². The molecule has 5 nitrogen and oxygen atoms in total. The van der Waals surface area contributed by atoms with E-state index in [0.717, 1.165) is 37.9 Å². The van der Waals surface area contributed by atoms with Gasteiger partial charge in [0, 0.05) is 43.2 Å². The molecule has 1 unspecified atom stereocenters. The summed E-state index contributed by atoms with van der Waals surface area (Å²) in [4.78, 5) is 17.0. The maximum absolute atomic E-state index is 12.7. The van der Waals surface area contributed by atoms with Crippen LogP contribution >= 0.6 is 11.6 Å². The van der Waals surface area contributed by atoms with Crippen molar-refractivity contribution in [3.63, 3.8) is 0 Å². The van der Waals surface area contributed by atoms with Gasteiger partial charge in [-0.2, -0.15) is 0 Å². The number of halogens is 1. The Morgan fingerprint density at radius 2 is 1.90 bits per heavy atom. The third-order valence-electron chi connectivity index (χ3n) is 5.90. The average Bonchev–Trinajstić information content (AvgIpc) is 3.10. The molecule has 2 aromatic rings. The number of benzene rings is 2. The first-order valence-electron chi connectivity index (χ1n) is 10.2. The Morgan fingerprint density at radius 3 is 2.69 bits per heavy atom. The quantitative estimate of drug-likeness (QED) is 0.712. The zero-order chi connectivity index (χ0) is 20.2. The van der Waals surface area contributed by atoms with E-state index in [-0.39, 0.29) is 12.7 Å². The molecule has 2 heterocycles. The summed E-state index contributed by atoms with van der Waals surface area (Å²) in [6, 6.07) is 14.6. The van der Waals surface area contributed by atoms with Crippen molar-refractivity contribution in [3.8, 4) is 11.5 Å². The second-order valence-electron chi connectivity index (χ2n) is 7.81. The highest BCUT2D eigenvalue weighted by molar-refractivity contribution is 6.31. The van der Waals surface area contributed by atoms with Crippen LogP contribution in [0.3, 0.4) is 0 Å². The average molecular weight is 415 g/mol. The summed E-state index contributed by atoms with van der Waals surface area (Å²) in [5.41, 5.74) is 2.25. The molecule has 0 aliphatic carbocycles. The van der Waals surface area contributed by atoms with Crippen molar-refractivity contribution in [2.24, 2.45) is 0 Å². The Labute approximate surface area is 177 Å². The summed E-state index contributed by atoms with van der Waals surface area (Å²) < 4.78 is 10.8. The molecule has 0 radical (unpaired) electrons. The van der Waals surface area contributed by atoms with Gasteiger partial charge in [0.2, 0.25) is 12.7 Å². The second kappa shape index (κ2) is 9.06. The van der Waals surface area contributed by atoms with Crippen LogP contribution < -0.4 is 9.47 Å². The van der Waals surface area contributed by atoms with Crippen molar-refractivity contribution in [2.75, 3.05) is 26.9 Å². The van der Waals surface area contributed by atoms with Crippen molar-refractivity contribution in [1.29, 1.82) is 0 Å². The van der Waals surface area contributed by atoms with Crippen molar-refractivity contribution in [3.05, 3.63) is 58.6 Å². The summed E-state index contributed by atoms with van der Waals surface area (Å²) in [6.07, 6.45) is 3.47. The fourth-order valence-electron chi connectivity index (χ4n) is 4.05. The van der Waals surface area contributed by atoms with E-state index < -0.39 is 0 Å². The van der Waals surface area contributed by atoms with E-state index in [4.69, 9.17) is 21.1 Å². The number of rotatable bonds is 6. The number of ether oxygens (including phenoxy) is 2. The van der Waals surface area contributed by atoms with Crippen LogP contribution in [0.4, 0.5) is 0 Å². The van der Waals surface area contributed by atoms with Gasteiger partial charge in [-0.05, 0) is 43.5 Å². The topological polar surface area (TPSA) is 42.0 Å². The van der Waals surface area contributed by atoms with Gasteiger partial charge in [0.05, 0.1) is 0 Å². The predicted molar refractivity (Wildman–Crippen MR) is 113 cm³/mol. The highest BCUT2D eigenvalue weighted by Gasteiger charge is 2.26.